The van der Waals surface area contributed by atoms with Gasteiger partial charge in [-0.1, -0.05) is 27.2 Å². The predicted octanol–water partition coefficient (Wildman–Crippen LogP) is 2.27. The highest BCUT2D eigenvalue weighted by molar-refractivity contribution is 5.81. The second kappa shape index (κ2) is 7.00. The van der Waals surface area contributed by atoms with Crippen molar-refractivity contribution in [2.24, 2.45) is 11.8 Å². The molecule has 0 aromatic carbocycles. The summed E-state index contributed by atoms with van der Waals surface area (Å²) in [5, 5.41) is 3.36. The van der Waals surface area contributed by atoms with E-state index < -0.39 is 0 Å². The normalized spacial score (nSPS) is 25.0. The summed E-state index contributed by atoms with van der Waals surface area (Å²) in [5.41, 5.74) is 0. The van der Waals surface area contributed by atoms with Gasteiger partial charge >= 0.3 is 0 Å². The number of nitrogens with one attached hydrogen (secondary N) is 1. The number of carbonyl (C=O) groups is 1. The van der Waals surface area contributed by atoms with Crippen molar-refractivity contribution in [2.45, 2.75) is 52.5 Å². The van der Waals surface area contributed by atoms with Gasteiger partial charge in [0, 0.05) is 13.6 Å². The molecule has 1 rings (SSSR count). The number of hydrogen-bond acceptors (Lipinski definition) is 2. The minimum absolute atomic E-state index is 0.0610. The fourth-order valence-electron chi connectivity index (χ4n) is 2.38. The molecule has 17 heavy (non-hydrogen) atoms. The molecule has 3 heteroatoms. The molecule has 1 aliphatic rings. The minimum Gasteiger partial charge on any atom is -0.344 e. The van der Waals surface area contributed by atoms with Crippen LogP contribution in [0.4, 0.5) is 0 Å². The zero-order chi connectivity index (χ0) is 12.8. The molecule has 0 saturated carbocycles. The summed E-state index contributed by atoms with van der Waals surface area (Å²) in [4.78, 5) is 14.1. The second-order valence-corrected chi connectivity index (χ2v) is 5.75. The monoisotopic (exact) mass is 240 g/mol. The fraction of sp³-hybridized carbons (Fsp3) is 0.929. The van der Waals surface area contributed by atoms with E-state index in [4.69, 9.17) is 0 Å². The van der Waals surface area contributed by atoms with E-state index in [0.29, 0.717) is 5.92 Å². The minimum atomic E-state index is 0.0610. The van der Waals surface area contributed by atoms with Crippen molar-refractivity contribution in [1.29, 1.82) is 0 Å². The highest BCUT2D eigenvalue weighted by Gasteiger charge is 2.27. The van der Waals surface area contributed by atoms with Crippen LogP contribution >= 0.6 is 0 Å². The number of nitrogens with zero attached hydrogens (tertiary/aromatic N) is 1. The Balaban J connectivity index is 2.39. The van der Waals surface area contributed by atoms with Crippen LogP contribution in [0.2, 0.25) is 0 Å². The molecule has 1 fully saturated rings. The first kappa shape index (κ1) is 14.5. The Morgan fingerprint density at radius 1 is 1.47 bits per heavy atom. The zero-order valence-corrected chi connectivity index (χ0v) is 11.8. The van der Waals surface area contributed by atoms with Crippen LogP contribution in [0.1, 0.15) is 46.5 Å². The van der Waals surface area contributed by atoms with Gasteiger partial charge in [0.05, 0.1) is 6.04 Å². The molecule has 1 heterocycles. The average molecular weight is 240 g/mol. The van der Waals surface area contributed by atoms with Gasteiger partial charge < -0.3 is 10.2 Å². The number of amides is 1. The first-order chi connectivity index (χ1) is 8.04. The Morgan fingerprint density at radius 3 is 2.76 bits per heavy atom. The smallest absolute Gasteiger partial charge is 0.239 e. The van der Waals surface area contributed by atoms with E-state index in [-0.39, 0.29) is 11.9 Å². The highest BCUT2D eigenvalue weighted by Crippen LogP contribution is 2.20. The van der Waals surface area contributed by atoms with Crippen LogP contribution in [0.5, 0.6) is 0 Å². The Labute approximate surface area is 106 Å². The van der Waals surface area contributed by atoms with Crippen LogP contribution in [0.3, 0.4) is 0 Å². The van der Waals surface area contributed by atoms with Gasteiger partial charge in [0.1, 0.15) is 0 Å². The van der Waals surface area contributed by atoms with Crippen molar-refractivity contribution < 1.29 is 4.79 Å². The van der Waals surface area contributed by atoms with E-state index in [9.17, 15) is 4.79 Å². The molecule has 3 nitrogen and oxygen atoms in total. The van der Waals surface area contributed by atoms with E-state index in [0.717, 1.165) is 31.8 Å². The third-order valence-corrected chi connectivity index (χ3v) is 3.81. The average Bonchev–Trinajstić information content (AvgIpc) is 2.35. The summed E-state index contributed by atoms with van der Waals surface area (Å²) in [5.74, 6) is 1.67. The SMILES string of the molecule is CCC1CCNC(C(=O)N(C)CCC(C)C)C1. The van der Waals surface area contributed by atoms with E-state index >= 15 is 0 Å². The summed E-state index contributed by atoms with van der Waals surface area (Å²) >= 11 is 0. The summed E-state index contributed by atoms with van der Waals surface area (Å²) in [6.45, 7) is 8.49. The second-order valence-electron chi connectivity index (χ2n) is 5.75. The quantitative estimate of drug-likeness (QED) is 0.799. The lowest BCUT2D eigenvalue weighted by atomic mass is 9.90. The fourth-order valence-corrected chi connectivity index (χ4v) is 2.38. The molecular weight excluding hydrogens is 212 g/mol. The number of hydrogen-bond donors (Lipinski definition) is 1. The summed E-state index contributed by atoms with van der Waals surface area (Å²) in [7, 11) is 1.93. The van der Waals surface area contributed by atoms with E-state index in [1.54, 1.807) is 0 Å². The van der Waals surface area contributed by atoms with Gasteiger partial charge in [0.15, 0.2) is 0 Å². The summed E-state index contributed by atoms with van der Waals surface area (Å²) in [6.07, 6.45) is 4.52. The van der Waals surface area contributed by atoms with Crippen molar-refractivity contribution in [3.05, 3.63) is 0 Å². The third kappa shape index (κ3) is 4.66. The molecule has 1 amide bonds. The molecular formula is C14H28N2O. The molecule has 100 valence electrons. The maximum Gasteiger partial charge on any atom is 0.239 e. The van der Waals surface area contributed by atoms with E-state index in [1.807, 2.05) is 11.9 Å². The molecule has 1 N–H and O–H groups in total. The van der Waals surface area contributed by atoms with Gasteiger partial charge in [0.25, 0.3) is 0 Å². The largest absolute Gasteiger partial charge is 0.344 e. The number of rotatable bonds is 5. The van der Waals surface area contributed by atoms with Crippen molar-refractivity contribution in [3.63, 3.8) is 0 Å². The molecule has 0 radical (unpaired) electrons. The lowest BCUT2D eigenvalue weighted by Crippen LogP contribution is -2.49. The molecule has 0 aromatic heterocycles. The molecule has 2 atom stereocenters. The van der Waals surface area contributed by atoms with Crippen LogP contribution in [-0.2, 0) is 4.79 Å². The van der Waals surface area contributed by atoms with Gasteiger partial charge in [0.2, 0.25) is 5.91 Å². The van der Waals surface area contributed by atoms with Crippen molar-refractivity contribution >= 4 is 5.91 Å². The molecule has 1 saturated heterocycles. The van der Waals surface area contributed by atoms with Crippen LogP contribution in [0.15, 0.2) is 0 Å². The van der Waals surface area contributed by atoms with Crippen molar-refractivity contribution in [3.8, 4) is 0 Å². The van der Waals surface area contributed by atoms with Gasteiger partial charge in [-0.2, -0.15) is 0 Å². The topological polar surface area (TPSA) is 32.3 Å². The van der Waals surface area contributed by atoms with Crippen molar-refractivity contribution in [2.75, 3.05) is 20.1 Å². The zero-order valence-electron chi connectivity index (χ0n) is 11.8. The molecule has 0 aromatic rings. The number of carbonyl (C=O) groups excluding carboxylic acids is 1. The van der Waals surface area contributed by atoms with E-state index in [2.05, 4.69) is 26.1 Å². The van der Waals surface area contributed by atoms with Crippen LogP contribution < -0.4 is 5.32 Å². The highest BCUT2D eigenvalue weighted by atomic mass is 16.2. The molecule has 1 aliphatic heterocycles. The molecule has 0 bridgehead atoms. The van der Waals surface area contributed by atoms with Gasteiger partial charge in [-0.25, -0.2) is 0 Å². The van der Waals surface area contributed by atoms with Crippen molar-refractivity contribution in [1.82, 2.24) is 10.2 Å². The van der Waals surface area contributed by atoms with Crippen LogP contribution in [-0.4, -0.2) is 37.0 Å². The Bertz CT molecular complexity index is 240. The number of likely N-dealkylation sites (N-methyl/N-ethyl adjacent to an activating group) is 1. The molecule has 2 unspecified atom stereocenters. The Kier molecular flexibility index (Phi) is 5.96. The van der Waals surface area contributed by atoms with Crippen LogP contribution in [0, 0.1) is 11.8 Å². The standard InChI is InChI=1S/C14H28N2O/c1-5-12-6-8-15-13(10-12)14(17)16(4)9-7-11(2)3/h11-13,15H,5-10H2,1-4H3. The first-order valence-electron chi connectivity index (χ1n) is 7.03. The number of piperidine rings is 1. The molecule has 0 aliphatic carbocycles. The van der Waals surface area contributed by atoms with Gasteiger partial charge in [-0.15, -0.1) is 0 Å². The Hall–Kier alpha value is -0.570. The summed E-state index contributed by atoms with van der Waals surface area (Å²) < 4.78 is 0. The van der Waals surface area contributed by atoms with Crippen LogP contribution in [0.25, 0.3) is 0 Å². The predicted molar refractivity (Wildman–Crippen MR) is 71.9 cm³/mol. The van der Waals surface area contributed by atoms with E-state index in [1.165, 1.54) is 12.8 Å². The third-order valence-electron chi connectivity index (χ3n) is 3.81. The maximum absolute atomic E-state index is 12.2. The first-order valence-corrected chi connectivity index (χ1v) is 7.03. The maximum atomic E-state index is 12.2. The lowest BCUT2D eigenvalue weighted by molar-refractivity contribution is -0.133. The van der Waals surface area contributed by atoms with Gasteiger partial charge in [-0.05, 0) is 37.6 Å². The molecule has 0 spiro atoms. The van der Waals surface area contributed by atoms with Gasteiger partial charge in [-0.3, -0.25) is 4.79 Å². The Morgan fingerprint density at radius 2 is 2.18 bits per heavy atom. The lowest BCUT2D eigenvalue weighted by Gasteiger charge is -2.32. The summed E-state index contributed by atoms with van der Waals surface area (Å²) in [6, 6.07) is 0.0610.